The normalized spacial score (nSPS) is 14.4. The Labute approximate surface area is 198 Å². The molecule has 2 amide bonds. The van der Waals surface area contributed by atoms with Gasteiger partial charge in [-0.15, -0.1) is 0 Å². The molecule has 2 aromatic heterocycles. The van der Waals surface area contributed by atoms with Crippen molar-refractivity contribution in [3.63, 3.8) is 0 Å². The zero-order valence-electron chi connectivity index (χ0n) is 19.4. The smallest absolute Gasteiger partial charge is 0.253 e. The SMILES string of the molecule is Cc1ccc(NC(=O)C2CCN(C(=O)c3ccc4c(c3)nc(C)n4-c3ccccc3)CC2)nc1. The lowest BCUT2D eigenvalue weighted by Crippen LogP contribution is -2.41. The standard InChI is InChI=1S/C27H27N5O2/c1-18-8-11-25(28-17-18)30-26(33)20-12-14-31(15-13-20)27(34)21-9-10-24-23(16-21)29-19(2)32(24)22-6-4-3-5-7-22/h3-11,16-17,20H,12-15H2,1-2H3,(H,28,30,33). The predicted octanol–water partition coefficient (Wildman–Crippen LogP) is 4.53. The second-order valence-electron chi connectivity index (χ2n) is 8.81. The first-order valence-corrected chi connectivity index (χ1v) is 11.6. The molecule has 2 aromatic carbocycles. The number of nitrogens with zero attached hydrogens (tertiary/aromatic N) is 4. The highest BCUT2D eigenvalue weighted by Gasteiger charge is 2.28. The number of benzene rings is 2. The van der Waals surface area contributed by atoms with Crippen LogP contribution in [0, 0.1) is 19.8 Å². The molecule has 1 saturated heterocycles. The van der Waals surface area contributed by atoms with Gasteiger partial charge >= 0.3 is 0 Å². The molecule has 1 aliphatic heterocycles. The number of piperidine rings is 1. The number of para-hydroxylation sites is 1. The third-order valence-corrected chi connectivity index (χ3v) is 6.40. The summed E-state index contributed by atoms with van der Waals surface area (Å²) in [6, 6.07) is 19.5. The first-order valence-electron chi connectivity index (χ1n) is 11.6. The first-order chi connectivity index (χ1) is 16.5. The maximum Gasteiger partial charge on any atom is 0.253 e. The van der Waals surface area contributed by atoms with Crippen molar-refractivity contribution in [2.24, 2.45) is 5.92 Å². The van der Waals surface area contributed by atoms with Gasteiger partial charge in [0, 0.05) is 36.5 Å². The van der Waals surface area contributed by atoms with Crippen LogP contribution in [-0.4, -0.2) is 44.3 Å². The molecule has 5 rings (SSSR count). The van der Waals surface area contributed by atoms with Crippen LogP contribution in [0.1, 0.15) is 34.6 Å². The summed E-state index contributed by atoms with van der Waals surface area (Å²) in [6.45, 7) is 5.02. The molecule has 0 aliphatic carbocycles. The maximum absolute atomic E-state index is 13.2. The summed E-state index contributed by atoms with van der Waals surface area (Å²) < 4.78 is 2.09. The number of carbonyl (C=O) groups is 2. The Balaban J connectivity index is 1.26. The minimum absolute atomic E-state index is 0.0205. The number of likely N-dealkylation sites (tertiary alicyclic amines) is 1. The van der Waals surface area contributed by atoms with E-state index in [1.807, 2.05) is 79.4 Å². The highest BCUT2D eigenvalue weighted by atomic mass is 16.2. The summed E-state index contributed by atoms with van der Waals surface area (Å²) in [4.78, 5) is 36.6. The molecule has 0 unspecified atom stereocenters. The Morgan fingerprint density at radius 1 is 0.971 bits per heavy atom. The third-order valence-electron chi connectivity index (χ3n) is 6.40. The van der Waals surface area contributed by atoms with Crippen molar-refractivity contribution in [1.29, 1.82) is 0 Å². The number of hydrogen-bond acceptors (Lipinski definition) is 4. The van der Waals surface area contributed by atoms with Crippen molar-refractivity contribution in [2.75, 3.05) is 18.4 Å². The van der Waals surface area contributed by atoms with Gasteiger partial charge in [-0.3, -0.25) is 14.2 Å². The quantitative estimate of drug-likeness (QED) is 0.492. The lowest BCUT2D eigenvalue weighted by Gasteiger charge is -2.31. The average Bonchev–Trinajstić information content (AvgIpc) is 3.20. The predicted molar refractivity (Wildman–Crippen MR) is 132 cm³/mol. The molecule has 0 atom stereocenters. The molecule has 172 valence electrons. The number of hydrogen-bond donors (Lipinski definition) is 1. The fourth-order valence-corrected chi connectivity index (χ4v) is 4.53. The number of rotatable bonds is 4. The van der Waals surface area contributed by atoms with Gasteiger partial charge in [-0.1, -0.05) is 24.3 Å². The topological polar surface area (TPSA) is 80.1 Å². The molecule has 0 bridgehead atoms. The van der Waals surface area contributed by atoms with Gasteiger partial charge in [0.1, 0.15) is 11.6 Å². The van der Waals surface area contributed by atoms with Crippen molar-refractivity contribution < 1.29 is 9.59 Å². The molecule has 7 nitrogen and oxygen atoms in total. The first kappa shape index (κ1) is 21.8. The fraction of sp³-hybridized carbons (Fsp3) is 0.259. The van der Waals surface area contributed by atoms with E-state index < -0.39 is 0 Å². The van der Waals surface area contributed by atoms with Crippen molar-refractivity contribution in [1.82, 2.24) is 19.4 Å². The van der Waals surface area contributed by atoms with Gasteiger partial charge in [-0.2, -0.15) is 0 Å². The fourth-order valence-electron chi connectivity index (χ4n) is 4.53. The van der Waals surface area contributed by atoms with Crippen LogP contribution in [0.25, 0.3) is 16.7 Å². The molecule has 4 aromatic rings. The largest absolute Gasteiger partial charge is 0.339 e. The number of nitrogens with one attached hydrogen (secondary N) is 1. The maximum atomic E-state index is 13.2. The Hall–Kier alpha value is -4.00. The number of imidazole rings is 1. The Bertz CT molecular complexity index is 1340. The lowest BCUT2D eigenvalue weighted by molar-refractivity contribution is -0.121. The van der Waals surface area contributed by atoms with Gasteiger partial charge in [0.15, 0.2) is 0 Å². The number of anilines is 1. The van der Waals surface area contributed by atoms with Crippen LogP contribution >= 0.6 is 0 Å². The van der Waals surface area contributed by atoms with Crippen molar-refractivity contribution in [2.45, 2.75) is 26.7 Å². The molecule has 1 fully saturated rings. The van der Waals surface area contributed by atoms with E-state index in [9.17, 15) is 9.59 Å². The lowest BCUT2D eigenvalue weighted by atomic mass is 9.95. The van der Waals surface area contributed by atoms with Gasteiger partial charge in [-0.05, 0) is 68.7 Å². The molecular formula is C27H27N5O2. The van der Waals surface area contributed by atoms with Crippen LogP contribution in [-0.2, 0) is 4.79 Å². The molecule has 1 aliphatic rings. The monoisotopic (exact) mass is 453 g/mol. The van der Waals surface area contributed by atoms with E-state index in [0.29, 0.717) is 37.3 Å². The Morgan fingerprint density at radius 2 is 1.74 bits per heavy atom. The molecule has 1 N–H and O–H groups in total. The van der Waals surface area contributed by atoms with Gasteiger partial charge < -0.3 is 10.2 Å². The van der Waals surface area contributed by atoms with Crippen LogP contribution < -0.4 is 5.32 Å². The van der Waals surface area contributed by atoms with Crippen LogP contribution in [0.15, 0.2) is 66.9 Å². The molecular weight excluding hydrogens is 426 g/mol. The number of amides is 2. The Morgan fingerprint density at radius 3 is 2.44 bits per heavy atom. The van der Waals surface area contributed by atoms with E-state index in [1.165, 1.54) is 0 Å². The van der Waals surface area contributed by atoms with E-state index in [0.717, 1.165) is 28.1 Å². The van der Waals surface area contributed by atoms with Gasteiger partial charge in [0.05, 0.1) is 11.0 Å². The second-order valence-corrected chi connectivity index (χ2v) is 8.81. The number of aromatic nitrogens is 3. The van der Waals surface area contributed by atoms with Gasteiger partial charge in [0.25, 0.3) is 5.91 Å². The van der Waals surface area contributed by atoms with Crippen molar-refractivity contribution in [3.8, 4) is 5.69 Å². The summed E-state index contributed by atoms with van der Waals surface area (Å²) in [5, 5.41) is 2.89. The minimum Gasteiger partial charge on any atom is -0.339 e. The number of carbonyl (C=O) groups excluding carboxylic acids is 2. The number of aryl methyl sites for hydroxylation is 2. The van der Waals surface area contributed by atoms with E-state index in [4.69, 9.17) is 4.98 Å². The third kappa shape index (κ3) is 4.29. The average molecular weight is 454 g/mol. The van der Waals surface area contributed by atoms with Crippen molar-refractivity contribution in [3.05, 3.63) is 83.8 Å². The van der Waals surface area contributed by atoms with Crippen molar-refractivity contribution >= 4 is 28.7 Å². The molecule has 34 heavy (non-hydrogen) atoms. The zero-order chi connectivity index (χ0) is 23.7. The molecule has 0 saturated carbocycles. The zero-order valence-corrected chi connectivity index (χ0v) is 19.4. The summed E-state index contributed by atoms with van der Waals surface area (Å²) in [7, 11) is 0. The molecule has 0 spiro atoms. The summed E-state index contributed by atoms with van der Waals surface area (Å²) in [6.07, 6.45) is 3.00. The van der Waals surface area contributed by atoms with Gasteiger partial charge in [0.2, 0.25) is 5.91 Å². The van der Waals surface area contributed by atoms with E-state index in [-0.39, 0.29) is 17.7 Å². The summed E-state index contributed by atoms with van der Waals surface area (Å²) in [5.41, 5.74) is 4.48. The summed E-state index contributed by atoms with van der Waals surface area (Å²) in [5.74, 6) is 1.26. The second kappa shape index (κ2) is 9.09. The molecule has 0 radical (unpaired) electrons. The highest BCUT2D eigenvalue weighted by molar-refractivity contribution is 5.98. The minimum atomic E-state index is -0.126. The van der Waals surface area contributed by atoms with Crippen LogP contribution in [0.5, 0.6) is 0 Å². The number of pyridine rings is 1. The van der Waals surface area contributed by atoms with E-state index in [1.54, 1.807) is 6.20 Å². The number of fused-ring (bicyclic) bond motifs is 1. The van der Waals surface area contributed by atoms with E-state index >= 15 is 0 Å². The molecule has 7 heteroatoms. The van der Waals surface area contributed by atoms with Crippen LogP contribution in [0.4, 0.5) is 5.82 Å². The highest BCUT2D eigenvalue weighted by Crippen LogP contribution is 2.25. The van der Waals surface area contributed by atoms with Crippen LogP contribution in [0.3, 0.4) is 0 Å². The summed E-state index contributed by atoms with van der Waals surface area (Å²) >= 11 is 0. The molecule has 3 heterocycles. The van der Waals surface area contributed by atoms with E-state index in [2.05, 4.69) is 14.9 Å². The Kier molecular flexibility index (Phi) is 5.84. The van der Waals surface area contributed by atoms with Crippen LogP contribution in [0.2, 0.25) is 0 Å². The van der Waals surface area contributed by atoms with Gasteiger partial charge in [-0.25, -0.2) is 9.97 Å².